The molecule has 0 atom stereocenters. The van der Waals surface area contributed by atoms with Gasteiger partial charge >= 0.3 is 17.9 Å². The van der Waals surface area contributed by atoms with E-state index >= 15 is 4.39 Å². The minimum absolute atomic E-state index is 0.0392. The van der Waals surface area contributed by atoms with Crippen molar-refractivity contribution in [3.8, 4) is 39.5 Å². The fourth-order valence-corrected chi connectivity index (χ4v) is 4.14. The van der Waals surface area contributed by atoms with E-state index in [1.807, 2.05) is 38.1 Å². The molecule has 242 valence electrons. The highest BCUT2D eigenvalue weighted by atomic mass is 19.1. The first-order valence-corrected chi connectivity index (χ1v) is 14.7. The molecule has 0 unspecified atom stereocenters. The number of rotatable bonds is 15. The van der Waals surface area contributed by atoms with Crippen LogP contribution in [0.4, 0.5) is 4.39 Å². The van der Waals surface area contributed by atoms with E-state index in [0.717, 1.165) is 17.5 Å². The summed E-state index contributed by atoms with van der Waals surface area (Å²) >= 11 is 0. The largest absolute Gasteiger partial charge is 0.423 e. The Kier molecular flexibility index (Phi) is 12.7. The van der Waals surface area contributed by atoms with Gasteiger partial charge in [0, 0.05) is 35.5 Å². The average molecular weight is 631 g/mol. The lowest BCUT2D eigenvalue weighted by molar-refractivity contribution is -0.132. The van der Waals surface area contributed by atoms with Crippen LogP contribution in [0.3, 0.4) is 0 Å². The van der Waals surface area contributed by atoms with Crippen molar-refractivity contribution < 1.29 is 42.5 Å². The molecule has 0 fully saturated rings. The average Bonchev–Trinajstić information content (AvgIpc) is 3.01. The van der Waals surface area contributed by atoms with E-state index in [4.69, 9.17) is 23.7 Å². The molecule has 3 aromatic carbocycles. The van der Waals surface area contributed by atoms with Crippen molar-refractivity contribution in [2.24, 2.45) is 0 Å². The Morgan fingerprint density at radius 3 is 1.78 bits per heavy atom. The number of hydrogen-bond acceptors (Lipinski definition) is 8. The summed E-state index contributed by atoms with van der Waals surface area (Å²) in [6, 6.07) is 13.6. The second-order valence-electron chi connectivity index (χ2n) is 10.7. The monoisotopic (exact) mass is 630 g/mol. The van der Waals surface area contributed by atoms with Gasteiger partial charge in [0.05, 0.1) is 13.2 Å². The molecule has 0 spiro atoms. The predicted molar refractivity (Wildman–Crippen MR) is 174 cm³/mol. The standard InChI is InChI=1S/C37H39FO8/c1-9-15-43-21-29-17-26(12-14-32(29)44-35(39)22(3)4)25-11-13-30(28(16-25)20-42-10-2)27-18-31(38)34(46-37(41)24(7)8)33(19-27)45-36(40)23(5)6/h11-14,16-19H,3,5,7,9-10,15,20-21H2,1-2,4,6,8H3. The van der Waals surface area contributed by atoms with Gasteiger partial charge in [-0.2, -0.15) is 0 Å². The van der Waals surface area contributed by atoms with Gasteiger partial charge in [-0.1, -0.05) is 44.9 Å². The second kappa shape index (κ2) is 16.5. The minimum Gasteiger partial charge on any atom is -0.423 e. The Morgan fingerprint density at radius 1 is 0.652 bits per heavy atom. The summed E-state index contributed by atoms with van der Waals surface area (Å²) in [5.74, 6) is -3.60. The van der Waals surface area contributed by atoms with Crippen molar-refractivity contribution in [1.29, 1.82) is 0 Å². The molecule has 0 aliphatic rings. The van der Waals surface area contributed by atoms with Gasteiger partial charge in [-0.25, -0.2) is 18.8 Å². The summed E-state index contributed by atoms with van der Waals surface area (Å²) in [6.07, 6.45) is 0.828. The van der Waals surface area contributed by atoms with Crippen LogP contribution in [-0.4, -0.2) is 31.1 Å². The van der Waals surface area contributed by atoms with Gasteiger partial charge < -0.3 is 23.7 Å². The molecule has 0 aliphatic heterocycles. The van der Waals surface area contributed by atoms with Gasteiger partial charge in [-0.05, 0) is 92.3 Å². The molecule has 0 radical (unpaired) electrons. The first-order chi connectivity index (χ1) is 21.9. The molecule has 0 aromatic heterocycles. The normalized spacial score (nSPS) is 10.7. The zero-order valence-corrected chi connectivity index (χ0v) is 26.9. The van der Waals surface area contributed by atoms with Crippen molar-refractivity contribution in [1.82, 2.24) is 0 Å². The fourth-order valence-electron chi connectivity index (χ4n) is 4.14. The number of carbonyl (C=O) groups excluding carboxylic acids is 3. The lowest BCUT2D eigenvalue weighted by atomic mass is 9.94. The lowest BCUT2D eigenvalue weighted by Gasteiger charge is -2.17. The molecule has 0 bridgehead atoms. The SMILES string of the molecule is C=C(C)C(=O)Oc1ccc(-c2ccc(-c3cc(F)c(OC(=O)C(=C)C)c(OC(=O)C(=C)C)c3)c(COCC)c2)cc1COCCC. The fraction of sp³-hybridized carbons (Fsp3) is 0.270. The Bertz CT molecular complexity index is 1670. The zero-order chi connectivity index (χ0) is 34.0. The first kappa shape index (κ1) is 35.6. The van der Waals surface area contributed by atoms with Crippen molar-refractivity contribution in [2.75, 3.05) is 13.2 Å². The van der Waals surface area contributed by atoms with Crippen LogP contribution < -0.4 is 14.2 Å². The van der Waals surface area contributed by atoms with Crippen LogP contribution in [0.1, 0.15) is 52.2 Å². The van der Waals surface area contributed by atoms with Crippen molar-refractivity contribution in [3.63, 3.8) is 0 Å². The van der Waals surface area contributed by atoms with E-state index in [0.29, 0.717) is 41.2 Å². The molecule has 0 saturated carbocycles. The van der Waals surface area contributed by atoms with Crippen LogP contribution in [0, 0.1) is 5.82 Å². The molecule has 0 saturated heterocycles. The van der Waals surface area contributed by atoms with Crippen LogP contribution in [-0.2, 0) is 37.1 Å². The van der Waals surface area contributed by atoms with Crippen molar-refractivity contribution in [3.05, 3.63) is 102 Å². The maximum Gasteiger partial charge on any atom is 0.338 e. The summed E-state index contributed by atoms with van der Waals surface area (Å²) < 4.78 is 43.2. The molecule has 46 heavy (non-hydrogen) atoms. The van der Waals surface area contributed by atoms with Gasteiger partial charge in [0.1, 0.15) is 5.75 Å². The molecule has 0 aliphatic carbocycles. The predicted octanol–water partition coefficient (Wildman–Crippen LogP) is 8.07. The molecule has 0 heterocycles. The summed E-state index contributed by atoms with van der Waals surface area (Å²) in [7, 11) is 0. The highest BCUT2D eigenvalue weighted by Crippen LogP contribution is 2.39. The van der Waals surface area contributed by atoms with Crippen LogP contribution >= 0.6 is 0 Å². The zero-order valence-electron chi connectivity index (χ0n) is 26.9. The Balaban J connectivity index is 2.13. The van der Waals surface area contributed by atoms with Gasteiger partial charge in [0.2, 0.25) is 5.75 Å². The molecule has 8 nitrogen and oxygen atoms in total. The van der Waals surface area contributed by atoms with Crippen LogP contribution in [0.2, 0.25) is 0 Å². The van der Waals surface area contributed by atoms with E-state index in [9.17, 15) is 14.4 Å². The van der Waals surface area contributed by atoms with E-state index in [1.54, 1.807) is 19.1 Å². The minimum atomic E-state index is -0.917. The van der Waals surface area contributed by atoms with E-state index < -0.39 is 29.5 Å². The molecule has 3 aromatic rings. The quantitative estimate of drug-likeness (QED) is 0.0720. The highest BCUT2D eigenvalue weighted by Gasteiger charge is 2.22. The first-order valence-electron chi connectivity index (χ1n) is 14.7. The lowest BCUT2D eigenvalue weighted by Crippen LogP contribution is -2.14. The van der Waals surface area contributed by atoms with E-state index in [2.05, 4.69) is 19.7 Å². The highest BCUT2D eigenvalue weighted by molar-refractivity contribution is 5.92. The summed E-state index contributed by atoms with van der Waals surface area (Å²) in [4.78, 5) is 36.9. The maximum absolute atomic E-state index is 15.5. The summed E-state index contributed by atoms with van der Waals surface area (Å²) in [5, 5.41) is 0. The van der Waals surface area contributed by atoms with Crippen LogP contribution in [0.5, 0.6) is 17.2 Å². The topological polar surface area (TPSA) is 97.4 Å². The van der Waals surface area contributed by atoms with E-state index in [-0.39, 0.29) is 35.7 Å². The third-order valence-electron chi connectivity index (χ3n) is 6.53. The van der Waals surface area contributed by atoms with Crippen LogP contribution in [0.25, 0.3) is 22.3 Å². The number of halogens is 1. The summed E-state index contributed by atoms with van der Waals surface area (Å²) in [6.45, 7) is 20.4. The number of benzene rings is 3. The maximum atomic E-state index is 15.5. The molecule has 9 heteroatoms. The third kappa shape index (κ3) is 9.32. The smallest absolute Gasteiger partial charge is 0.338 e. The summed E-state index contributed by atoms with van der Waals surface area (Å²) in [5.41, 5.74) is 4.37. The third-order valence-corrected chi connectivity index (χ3v) is 6.53. The van der Waals surface area contributed by atoms with Gasteiger partial charge in [0.15, 0.2) is 11.6 Å². The molecule has 0 N–H and O–H groups in total. The Morgan fingerprint density at radius 2 is 1.20 bits per heavy atom. The molecule has 0 amide bonds. The molecule has 3 rings (SSSR count). The second-order valence-corrected chi connectivity index (χ2v) is 10.7. The van der Waals surface area contributed by atoms with Gasteiger partial charge in [-0.15, -0.1) is 0 Å². The van der Waals surface area contributed by atoms with Gasteiger partial charge in [-0.3, -0.25) is 0 Å². The Labute approximate surface area is 269 Å². The van der Waals surface area contributed by atoms with Gasteiger partial charge in [0.25, 0.3) is 0 Å². The van der Waals surface area contributed by atoms with Crippen molar-refractivity contribution in [2.45, 2.75) is 54.3 Å². The van der Waals surface area contributed by atoms with E-state index in [1.165, 1.54) is 26.0 Å². The number of hydrogen-bond donors (Lipinski definition) is 0. The van der Waals surface area contributed by atoms with Crippen molar-refractivity contribution >= 4 is 17.9 Å². The van der Waals surface area contributed by atoms with Crippen LogP contribution in [0.15, 0.2) is 85.0 Å². The molecular weight excluding hydrogens is 591 g/mol. The Hall–Kier alpha value is -4.86. The molecular formula is C37H39FO8. The number of ether oxygens (including phenoxy) is 5. The number of esters is 3. The number of carbonyl (C=O) groups is 3.